The molecular formula is C21H18N4O2S. The van der Waals surface area contributed by atoms with Gasteiger partial charge in [-0.25, -0.2) is 14.8 Å². The Morgan fingerprint density at radius 2 is 1.68 bits per heavy atom. The van der Waals surface area contributed by atoms with Gasteiger partial charge in [0.15, 0.2) is 10.9 Å². The second kappa shape index (κ2) is 7.09. The molecule has 4 rings (SSSR count). The smallest absolute Gasteiger partial charge is 0.356 e. The summed E-state index contributed by atoms with van der Waals surface area (Å²) in [6.45, 7) is 3.88. The van der Waals surface area contributed by atoms with Crippen molar-refractivity contribution in [3.05, 3.63) is 65.7 Å². The first kappa shape index (κ1) is 18.2. The number of imidazole rings is 1. The Balaban J connectivity index is 2.16. The SMILES string of the molecule is CSc1nc(-c2ccccc2)c(-c2cc(C)nc(C)c2)c2nc(C(=O)O)cn12. The lowest BCUT2D eigenvalue weighted by Crippen LogP contribution is -2.01. The summed E-state index contributed by atoms with van der Waals surface area (Å²) in [5.74, 6) is -1.06. The highest BCUT2D eigenvalue weighted by Gasteiger charge is 2.21. The standard InChI is InChI=1S/C21H18N4O2S/c1-12-9-15(10-13(2)22-12)17-18(14-7-5-4-6-8-14)24-21(28-3)25-11-16(20(26)27)23-19(17)25/h4-11H,1-3H3,(H,26,27). The van der Waals surface area contributed by atoms with Gasteiger partial charge in [-0.05, 0) is 37.8 Å². The minimum atomic E-state index is -1.06. The molecule has 1 N–H and O–H groups in total. The highest BCUT2D eigenvalue weighted by atomic mass is 32.2. The van der Waals surface area contributed by atoms with E-state index in [1.54, 1.807) is 4.40 Å². The fourth-order valence-corrected chi connectivity index (χ4v) is 3.83. The van der Waals surface area contributed by atoms with Crippen molar-refractivity contribution in [3.8, 4) is 22.4 Å². The lowest BCUT2D eigenvalue weighted by Gasteiger charge is -2.14. The molecule has 0 aliphatic carbocycles. The third kappa shape index (κ3) is 3.14. The number of thioether (sulfide) groups is 1. The average molecular weight is 390 g/mol. The maximum atomic E-state index is 11.6. The molecule has 3 heterocycles. The van der Waals surface area contributed by atoms with Crippen molar-refractivity contribution in [2.45, 2.75) is 19.0 Å². The van der Waals surface area contributed by atoms with Crippen LogP contribution in [-0.2, 0) is 0 Å². The number of aryl methyl sites for hydroxylation is 2. The van der Waals surface area contributed by atoms with Gasteiger partial charge in [0, 0.05) is 23.1 Å². The van der Waals surface area contributed by atoms with Crippen LogP contribution in [-0.4, -0.2) is 36.7 Å². The summed E-state index contributed by atoms with van der Waals surface area (Å²) < 4.78 is 1.75. The number of fused-ring (bicyclic) bond motifs is 1. The zero-order chi connectivity index (χ0) is 19.8. The molecule has 0 aliphatic heterocycles. The molecule has 0 unspecified atom stereocenters. The van der Waals surface area contributed by atoms with Gasteiger partial charge in [0.2, 0.25) is 0 Å². The fourth-order valence-electron chi connectivity index (χ4n) is 3.31. The van der Waals surface area contributed by atoms with Crippen LogP contribution in [0.2, 0.25) is 0 Å². The summed E-state index contributed by atoms with van der Waals surface area (Å²) in [6.07, 6.45) is 3.44. The Hall–Kier alpha value is -3.19. The van der Waals surface area contributed by atoms with Crippen molar-refractivity contribution in [2.24, 2.45) is 0 Å². The van der Waals surface area contributed by atoms with Gasteiger partial charge < -0.3 is 5.11 Å². The molecule has 140 valence electrons. The topological polar surface area (TPSA) is 80.4 Å². The number of aromatic nitrogens is 4. The number of nitrogens with zero attached hydrogens (tertiary/aromatic N) is 4. The van der Waals surface area contributed by atoms with Gasteiger partial charge in [0.05, 0.1) is 11.3 Å². The Morgan fingerprint density at radius 3 is 2.29 bits per heavy atom. The minimum Gasteiger partial charge on any atom is -0.476 e. The van der Waals surface area contributed by atoms with E-state index >= 15 is 0 Å². The van der Waals surface area contributed by atoms with Gasteiger partial charge in [0.1, 0.15) is 5.65 Å². The van der Waals surface area contributed by atoms with E-state index in [1.165, 1.54) is 18.0 Å². The number of benzene rings is 1. The van der Waals surface area contributed by atoms with Gasteiger partial charge >= 0.3 is 5.97 Å². The molecule has 0 bridgehead atoms. The largest absolute Gasteiger partial charge is 0.476 e. The number of hydrogen-bond donors (Lipinski definition) is 1. The number of carboxylic acid groups (broad SMARTS) is 1. The summed E-state index contributed by atoms with van der Waals surface area (Å²) in [5, 5.41) is 10.2. The molecule has 0 aliphatic rings. The monoisotopic (exact) mass is 390 g/mol. The molecular weight excluding hydrogens is 372 g/mol. The van der Waals surface area contributed by atoms with Crippen LogP contribution >= 0.6 is 11.8 Å². The van der Waals surface area contributed by atoms with Crippen molar-refractivity contribution in [1.29, 1.82) is 0 Å². The molecule has 0 spiro atoms. The van der Waals surface area contributed by atoms with Gasteiger partial charge in [0.25, 0.3) is 0 Å². The predicted octanol–water partition coefficient (Wildman–Crippen LogP) is 4.50. The summed E-state index contributed by atoms with van der Waals surface area (Å²) in [4.78, 5) is 25.3. The lowest BCUT2D eigenvalue weighted by molar-refractivity contribution is 0.0691. The highest BCUT2D eigenvalue weighted by molar-refractivity contribution is 7.98. The number of carbonyl (C=O) groups is 1. The van der Waals surface area contributed by atoms with Crippen LogP contribution in [0.4, 0.5) is 0 Å². The van der Waals surface area contributed by atoms with Crippen molar-refractivity contribution in [1.82, 2.24) is 19.4 Å². The Bertz CT molecular complexity index is 1180. The van der Waals surface area contributed by atoms with Gasteiger partial charge in [-0.15, -0.1) is 0 Å². The van der Waals surface area contributed by atoms with E-state index < -0.39 is 5.97 Å². The molecule has 6 nitrogen and oxygen atoms in total. The fraction of sp³-hybridized carbons (Fsp3) is 0.143. The minimum absolute atomic E-state index is 0.00828. The maximum absolute atomic E-state index is 11.6. The number of hydrogen-bond acceptors (Lipinski definition) is 5. The first-order valence-corrected chi connectivity index (χ1v) is 9.92. The molecule has 7 heteroatoms. The van der Waals surface area contributed by atoms with Crippen LogP contribution in [0.3, 0.4) is 0 Å². The van der Waals surface area contributed by atoms with Crippen molar-refractivity contribution in [2.75, 3.05) is 6.26 Å². The van der Waals surface area contributed by atoms with Crippen LogP contribution < -0.4 is 0 Å². The van der Waals surface area contributed by atoms with Crippen LogP contribution in [0.25, 0.3) is 28.0 Å². The summed E-state index contributed by atoms with van der Waals surface area (Å²) in [5.41, 5.74) is 5.75. The molecule has 0 radical (unpaired) electrons. The average Bonchev–Trinajstić information content (AvgIpc) is 3.12. The summed E-state index contributed by atoms with van der Waals surface area (Å²) in [6, 6.07) is 13.8. The Morgan fingerprint density at radius 1 is 1.00 bits per heavy atom. The number of carboxylic acids is 1. The lowest BCUT2D eigenvalue weighted by atomic mass is 9.99. The molecule has 0 atom stereocenters. The van der Waals surface area contributed by atoms with Gasteiger partial charge in [-0.3, -0.25) is 9.38 Å². The Labute approximate surface area is 166 Å². The molecule has 0 saturated carbocycles. The first-order valence-electron chi connectivity index (χ1n) is 8.69. The van der Waals surface area contributed by atoms with E-state index in [-0.39, 0.29) is 5.69 Å². The van der Waals surface area contributed by atoms with Crippen LogP contribution in [0.1, 0.15) is 21.9 Å². The molecule has 4 aromatic rings. The zero-order valence-corrected chi connectivity index (χ0v) is 16.5. The molecule has 28 heavy (non-hydrogen) atoms. The molecule has 0 saturated heterocycles. The van der Waals surface area contributed by atoms with E-state index in [0.717, 1.165) is 33.8 Å². The quantitative estimate of drug-likeness (QED) is 0.408. The zero-order valence-electron chi connectivity index (χ0n) is 15.7. The van der Waals surface area contributed by atoms with E-state index in [2.05, 4.69) is 9.97 Å². The number of aromatic carboxylic acids is 1. The number of rotatable bonds is 4. The first-order chi connectivity index (χ1) is 13.5. The summed E-state index contributed by atoms with van der Waals surface area (Å²) >= 11 is 1.45. The number of pyridine rings is 1. The van der Waals surface area contributed by atoms with Gasteiger partial charge in [-0.1, -0.05) is 42.1 Å². The predicted molar refractivity (Wildman–Crippen MR) is 110 cm³/mol. The van der Waals surface area contributed by atoms with Crippen LogP contribution in [0.5, 0.6) is 0 Å². The second-order valence-electron chi connectivity index (χ2n) is 6.45. The second-order valence-corrected chi connectivity index (χ2v) is 7.23. The van der Waals surface area contributed by atoms with E-state index in [1.807, 2.05) is 62.6 Å². The van der Waals surface area contributed by atoms with Crippen molar-refractivity contribution < 1.29 is 9.90 Å². The molecule has 1 aromatic carbocycles. The van der Waals surface area contributed by atoms with Crippen molar-refractivity contribution >= 4 is 23.4 Å². The summed E-state index contributed by atoms with van der Waals surface area (Å²) in [7, 11) is 0. The van der Waals surface area contributed by atoms with E-state index in [9.17, 15) is 9.90 Å². The van der Waals surface area contributed by atoms with E-state index in [4.69, 9.17) is 4.98 Å². The Kier molecular flexibility index (Phi) is 4.60. The van der Waals surface area contributed by atoms with Crippen LogP contribution in [0.15, 0.2) is 53.8 Å². The molecule has 3 aromatic heterocycles. The van der Waals surface area contributed by atoms with Crippen LogP contribution in [0, 0.1) is 13.8 Å². The maximum Gasteiger partial charge on any atom is 0.356 e. The highest BCUT2D eigenvalue weighted by Crippen LogP contribution is 2.36. The third-order valence-electron chi connectivity index (χ3n) is 4.40. The van der Waals surface area contributed by atoms with Gasteiger partial charge in [-0.2, -0.15) is 0 Å². The normalized spacial score (nSPS) is 11.1. The van der Waals surface area contributed by atoms with E-state index in [0.29, 0.717) is 10.8 Å². The third-order valence-corrected chi connectivity index (χ3v) is 5.05. The molecule has 0 amide bonds. The molecule has 0 fully saturated rings. The van der Waals surface area contributed by atoms with Crippen molar-refractivity contribution in [3.63, 3.8) is 0 Å².